The lowest BCUT2D eigenvalue weighted by Crippen LogP contribution is -2.49. The Bertz CT molecular complexity index is 4960. The summed E-state index contributed by atoms with van der Waals surface area (Å²) in [5, 5.41) is 26.3. The Morgan fingerprint density at radius 3 is 1.12 bits per heavy atom. The van der Waals surface area contributed by atoms with Gasteiger partial charge >= 0.3 is 41.9 Å². The number of rotatable bonds is 18. The first-order valence-corrected chi connectivity index (χ1v) is 38.5. The number of carbonyl (C=O) groups is 7. The summed E-state index contributed by atoms with van der Waals surface area (Å²) in [6, 6.07) is 40.4. The third-order valence-electron chi connectivity index (χ3n) is 18.2. The van der Waals surface area contributed by atoms with E-state index in [9.17, 15) is 38.4 Å². The second-order valence-corrected chi connectivity index (χ2v) is 27.9. The molecule has 0 spiro atoms. The van der Waals surface area contributed by atoms with E-state index in [-0.39, 0.29) is 68.1 Å². The maximum atomic E-state index is 12.8. The number of carboxylic acids is 1. The number of aromatic nitrogens is 5. The van der Waals surface area contributed by atoms with Crippen LogP contribution < -0.4 is 36.0 Å². The highest BCUT2D eigenvalue weighted by atomic mass is 35.5. The minimum absolute atomic E-state index is 0.0805. The monoisotopic (exact) mass is 1660 g/mol. The molecule has 30 nitrogen and oxygen atoms in total. The van der Waals surface area contributed by atoms with E-state index < -0.39 is 11.7 Å². The van der Waals surface area contributed by atoms with Crippen LogP contribution in [0.1, 0.15) is 77.5 Å². The van der Waals surface area contributed by atoms with Crippen LogP contribution in [-0.4, -0.2) is 210 Å². The molecule has 0 aliphatic carbocycles. The van der Waals surface area contributed by atoms with Gasteiger partial charge in [-0.25, -0.2) is 33.6 Å². The average molecular weight is 1670 g/mol. The lowest BCUT2D eigenvalue weighted by Gasteiger charge is -2.35. The second-order valence-electron chi connectivity index (χ2n) is 26.1. The van der Waals surface area contributed by atoms with Crippen molar-refractivity contribution in [3.05, 3.63) is 264 Å². The lowest BCUT2D eigenvalue weighted by atomic mass is 10.2. The highest BCUT2D eigenvalue weighted by Crippen LogP contribution is 2.25. The van der Waals surface area contributed by atoms with Crippen molar-refractivity contribution in [1.29, 1.82) is 0 Å². The molecule has 5 aromatic carbocycles. The molecule has 10 aromatic rings. The number of nitrogens with one attached hydrogen (secondary N) is 3. The number of anilines is 5. The molecule has 5 aromatic heterocycles. The molecule has 116 heavy (non-hydrogen) atoms. The molecule has 4 saturated heterocycles. The molecule has 34 heteroatoms. The Hall–Kier alpha value is -12.1. The molecular formula is C82H86Cl4N14O16. The van der Waals surface area contributed by atoms with Gasteiger partial charge in [0.25, 0.3) is 5.91 Å². The number of piperazine rings is 4. The summed E-state index contributed by atoms with van der Waals surface area (Å²) in [7, 11) is 0. The minimum Gasteiger partial charge on any atom is -0.478 e. The van der Waals surface area contributed by atoms with Gasteiger partial charge in [-0.15, -0.1) is 0 Å². The van der Waals surface area contributed by atoms with Crippen molar-refractivity contribution in [2.45, 2.75) is 40.3 Å². The summed E-state index contributed by atoms with van der Waals surface area (Å²) in [6.45, 7) is 15.3. The summed E-state index contributed by atoms with van der Waals surface area (Å²) in [4.78, 5) is 128. The van der Waals surface area contributed by atoms with Crippen molar-refractivity contribution in [1.82, 2.24) is 44.9 Å². The Labute approximate surface area is 688 Å². The molecule has 4 fully saturated rings. The van der Waals surface area contributed by atoms with Crippen LogP contribution in [0, 0.1) is 0 Å². The summed E-state index contributed by atoms with van der Waals surface area (Å²) >= 11 is 23.2. The quantitative estimate of drug-likeness (QED) is 0.0393. The first-order valence-electron chi connectivity index (χ1n) is 37.0. The zero-order valence-electron chi connectivity index (χ0n) is 63.5. The number of amides is 4. The SMILES string of the molecule is CCOC(=O)c1cncc(N2CCN(C(=O)OCc3ccc(Cl)cc3)CC2)c1.CCOC(=O)c1cncc(N2CCNCC2)c1.O=C(Nc1ccc2[nH]c(=O)oc2c1)c1cncc(N2CCN(C(=O)OCc3ccc(Cl)cc3)CC2)c1.O=C(O)c1cncc(N2CCN(C(=O)OCc3ccc(Cl)cc3)CC2)c1.OCc1ccc(Cl)cc1. The third kappa shape index (κ3) is 26.5. The lowest BCUT2D eigenvalue weighted by molar-refractivity contribution is 0.0516. The smallest absolute Gasteiger partial charge is 0.417 e. The van der Waals surface area contributed by atoms with E-state index in [1.807, 2.05) is 47.4 Å². The van der Waals surface area contributed by atoms with Gasteiger partial charge in [0.1, 0.15) is 19.8 Å². The van der Waals surface area contributed by atoms with E-state index in [0.29, 0.717) is 145 Å². The predicted molar refractivity (Wildman–Crippen MR) is 439 cm³/mol. The number of oxazole rings is 1. The number of fused-ring (bicyclic) bond motifs is 1. The number of carboxylic acid groups (broad SMARTS) is 1. The fraction of sp³-hybridized carbons (Fsp3) is 0.293. The fourth-order valence-corrected chi connectivity index (χ4v) is 12.4. The number of nitrogens with zero attached hydrogens (tertiary/aromatic N) is 11. The number of esters is 2. The van der Waals surface area contributed by atoms with Crippen LogP contribution in [0.15, 0.2) is 198 Å². The number of hydrogen-bond donors (Lipinski definition) is 5. The molecule has 9 heterocycles. The van der Waals surface area contributed by atoms with E-state index in [0.717, 1.165) is 71.2 Å². The van der Waals surface area contributed by atoms with Gasteiger partial charge in [0.15, 0.2) is 5.58 Å². The standard InChI is InChI=1S/C25H22ClN5O5.C20H22ClN3O4.C18H18ClN3O4.C12H17N3O2.C7H7ClO/c26-18-3-1-16(2-4-18)15-35-25(34)31-9-7-30(8-10-31)20-11-17(13-27-14-20)23(32)28-19-5-6-21-22(12-19)36-24(33)29-21;1-2-27-19(25)16-11-18(13-22-12-16)23-7-9-24(10-8-23)20(26)28-14-15-3-5-17(21)6-4-15;19-15-3-1-13(2-4-15)12-26-18(25)22-7-5-21(6-8-22)16-9-14(17(23)24)10-20-11-16;1-2-17-12(16)10-7-11(9-14-8-10)15-5-3-13-4-6-15;8-7-3-1-6(5-9)2-4-7/h1-6,11-14H,7-10,15H2,(H,28,32)(H,29,33);3-6,11-13H,2,7-10,14H2,1H3;1-4,9-11H,5-8,12H2,(H,23,24);7-9,13H,2-6H2,1H3;1-4,9H,5H2. The van der Waals surface area contributed by atoms with E-state index in [2.05, 4.69) is 50.3 Å². The van der Waals surface area contributed by atoms with E-state index in [1.165, 1.54) is 18.6 Å². The summed E-state index contributed by atoms with van der Waals surface area (Å²) in [5.74, 6) is -2.60. The molecule has 14 rings (SSSR count). The van der Waals surface area contributed by atoms with Crippen LogP contribution in [0.3, 0.4) is 0 Å². The molecule has 0 radical (unpaired) electrons. The van der Waals surface area contributed by atoms with Gasteiger partial charge in [-0.3, -0.25) is 29.7 Å². The Morgan fingerprint density at radius 1 is 0.422 bits per heavy atom. The third-order valence-corrected chi connectivity index (χ3v) is 19.2. The van der Waals surface area contributed by atoms with Crippen molar-refractivity contribution in [3.8, 4) is 0 Å². The van der Waals surface area contributed by atoms with Crippen LogP contribution in [0.4, 0.5) is 42.8 Å². The maximum Gasteiger partial charge on any atom is 0.417 e. The van der Waals surface area contributed by atoms with Gasteiger partial charge in [0, 0.05) is 161 Å². The highest BCUT2D eigenvalue weighted by molar-refractivity contribution is 6.31. The van der Waals surface area contributed by atoms with Gasteiger partial charge in [-0.05, 0) is 121 Å². The van der Waals surface area contributed by atoms with Crippen molar-refractivity contribution in [2.24, 2.45) is 0 Å². The summed E-state index contributed by atoms with van der Waals surface area (Å²) in [6.07, 6.45) is 11.6. The van der Waals surface area contributed by atoms with Gasteiger partial charge < -0.3 is 83.2 Å². The molecule has 0 unspecified atom stereocenters. The molecule has 0 saturated carbocycles. The molecule has 5 N–H and O–H groups in total. The number of aromatic amines is 1. The van der Waals surface area contributed by atoms with Crippen molar-refractivity contribution in [3.63, 3.8) is 0 Å². The van der Waals surface area contributed by atoms with E-state index >= 15 is 0 Å². The van der Waals surface area contributed by atoms with Gasteiger partial charge in [-0.2, -0.15) is 0 Å². The number of H-pyrrole nitrogens is 1. The Kier molecular flexibility index (Phi) is 32.7. The van der Waals surface area contributed by atoms with Crippen LogP contribution in [-0.2, 0) is 50.1 Å². The minimum atomic E-state index is -1.01. The fourth-order valence-electron chi connectivity index (χ4n) is 11.9. The zero-order chi connectivity index (χ0) is 82.3. The molecule has 0 atom stereocenters. The van der Waals surface area contributed by atoms with Crippen LogP contribution in [0.2, 0.25) is 20.1 Å². The van der Waals surface area contributed by atoms with Crippen molar-refractivity contribution >= 4 is 128 Å². The Morgan fingerprint density at radius 2 is 0.759 bits per heavy atom. The van der Waals surface area contributed by atoms with Crippen LogP contribution in [0.25, 0.3) is 11.1 Å². The molecular weight excluding hydrogens is 1580 g/mol. The number of hydrogen-bond acceptors (Lipinski definition) is 24. The second kappa shape index (κ2) is 44.0. The molecule has 4 aliphatic heterocycles. The average Bonchev–Trinajstić information content (AvgIpc) is 1.50. The number of aromatic carboxylic acids is 1. The number of benzene rings is 5. The Balaban J connectivity index is 0.000000161. The van der Waals surface area contributed by atoms with Crippen LogP contribution in [0.5, 0.6) is 0 Å². The zero-order valence-corrected chi connectivity index (χ0v) is 66.5. The summed E-state index contributed by atoms with van der Waals surface area (Å²) in [5.41, 5.74) is 9.71. The van der Waals surface area contributed by atoms with Gasteiger partial charge in [0.05, 0.1) is 95.1 Å². The molecule has 0 bridgehead atoms. The number of halogens is 4. The number of ether oxygens (including phenoxy) is 5. The van der Waals surface area contributed by atoms with Crippen molar-refractivity contribution < 1.29 is 71.9 Å². The van der Waals surface area contributed by atoms with E-state index in [4.69, 9.17) is 84.7 Å². The number of carbonyl (C=O) groups excluding carboxylic acids is 6. The summed E-state index contributed by atoms with van der Waals surface area (Å²) < 4.78 is 31.1. The number of aliphatic hydroxyl groups is 1. The van der Waals surface area contributed by atoms with Crippen LogP contribution >= 0.6 is 46.4 Å². The van der Waals surface area contributed by atoms with Crippen molar-refractivity contribution in [2.75, 3.05) is 143 Å². The van der Waals surface area contributed by atoms with Gasteiger partial charge in [0.2, 0.25) is 0 Å². The predicted octanol–water partition coefficient (Wildman–Crippen LogP) is 12.6. The normalized spacial score (nSPS) is 13.8. The first-order chi connectivity index (χ1) is 56.2. The van der Waals surface area contributed by atoms with E-state index in [1.54, 1.807) is 157 Å². The molecule has 608 valence electrons. The molecule has 4 aliphatic rings. The molecule has 4 amide bonds. The largest absolute Gasteiger partial charge is 0.478 e. The topological polar surface area (TPSA) is 350 Å². The number of aliphatic hydroxyl groups excluding tert-OH is 1. The first kappa shape index (κ1) is 86.3. The number of pyridine rings is 4. The highest BCUT2D eigenvalue weighted by Gasteiger charge is 2.27. The van der Waals surface area contributed by atoms with Gasteiger partial charge in [-0.1, -0.05) is 94.9 Å². The maximum absolute atomic E-state index is 12.8.